The molecule has 1 saturated heterocycles. The Hall–Kier alpha value is -1.00. The first-order valence-electron chi connectivity index (χ1n) is 6.26. The summed E-state index contributed by atoms with van der Waals surface area (Å²) in [5, 5.41) is 3.43. The summed E-state index contributed by atoms with van der Waals surface area (Å²) >= 11 is 0. The maximum Gasteiger partial charge on any atom is 0.127 e. The molecule has 1 aromatic carbocycles. The second kappa shape index (κ2) is 4.94. The molecule has 0 aromatic heterocycles. The van der Waals surface area contributed by atoms with Crippen molar-refractivity contribution in [3.63, 3.8) is 0 Å². The van der Waals surface area contributed by atoms with Crippen LogP contribution < -0.4 is 5.32 Å². The molecule has 0 aliphatic carbocycles. The minimum atomic E-state index is -0.385. The van der Waals surface area contributed by atoms with Gasteiger partial charge in [-0.2, -0.15) is 0 Å². The molecular formula is C14H20F2N2. The Kier molecular flexibility index (Phi) is 3.69. The monoisotopic (exact) mass is 254 g/mol. The van der Waals surface area contributed by atoms with Crippen LogP contribution in [0, 0.1) is 11.6 Å². The number of rotatable bonds is 3. The second-order valence-corrected chi connectivity index (χ2v) is 5.77. The molecule has 18 heavy (non-hydrogen) atoms. The summed E-state index contributed by atoms with van der Waals surface area (Å²) in [5.74, 6) is -0.724. The van der Waals surface area contributed by atoms with E-state index in [9.17, 15) is 8.78 Å². The topological polar surface area (TPSA) is 15.3 Å². The molecule has 4 heteroatoms. The van der Waals surface area contributed by atoms with Crippen LogP contribution in [0.5, 0.6) is 0 Å². The van der Waals surface area contributed by atoms with E-state index in [1.54, 1.807) is 0 Å². The fraction of sp³-hybridized carbons (Fsp3) is 0.571. The summed E-state index contributed by atoms with van der Waals surface area (Å²) in [6.45, 7) is 5.64. The molecule has 1 N–H and O–H groups in total. The van der Waals surface area contributed by atoms with Crippen LogP contribution in [0.3, 0.4) is 0 Å². The van der Waals surface area contributed by atoms with Crippen molar-refractivity contribution in [1.82, 2.24) is 10.2 Å². The van der Waals surface area contributed by atoms with Crippen molar-refractivity contribution in [3.05, 3.63) is 35.4 Å². The van der Waals surface area contributed by atoms with Crippen molar-refractivity contribution in [3.8, 4) is 0 Å². The van der Waals surface area contributed by atoms with E-state index in [1.807, 2.05) is 7.05 Å². The van der Waals surface area contributed by atoms with Crippen molar-refractivity contribution in [2.24, 2.45) is 0 Å². The SMILES string of the molecule is CN(Cc1cc(F)ccc1F)C1CNC(C)(C)C1. The Labute approximate surface area is 107 Å². The number of benzene rings is 1. The summed E-state index contributed by atoms with van der Waals surface area (Å²) in [6.07, 6.45) is 1.01. The van der Waals surface area contributed by atoms with Crippen LogP contribution in [0.2, 0.25) is 0 Å². The molecule has 1 aromatic rings. The highest BCUT2D eigenvalue weighted by atomic mass is 19.1. The van der Waals surface area contributed by atoms with Gasteiger partial charge in [0.1, 0.15) is 11.6 Å². The van der Waals surface area contributed by atoms with Crippen LogP contribution in [-0.4, -0.2) is 30.1 Å². The minimum Gasteiger partial charge on any atom is -0.310 e. The smallest absolute Gasteiger partial charge is 0.127 e. The fourth-order valence-electron chi connectivity index (χ4n) is 2.50. The average Bonchev–Trinajstić information content (AvgIpc) is 2.64. The Morgan fingerprint density at radius 3 is 2.72 bits per heavy atom. The van der Waals surface area contributed by atoms with Crippen LogP contribution >= 0.6 is 0 Å². The van der Waals surface area contributed by atoms with Gasteiger partial charge < -0.3 is 5.32 Å². The largest absolute Gasteiger partial charge is 0.310 e. The zero-order valence-electron chi connectivity index (χ0n) is 11.1. The first kappa shape index (κ1) is 13.4. The molecule has 2 rings (SSSR count). The second-order valence-electron chi connectivity index (χ2n) is 5.77. The molecular weight excluding hydrogens is 234 g/mol. The van der Waals surface area contributed by atoms with Gasteiger partial charge in [-0.05, 0) is 45.5 Å². The Morgan fingerprint density at radius 1 is 1.39 bits per heavy atom. The van der Waals surface area contributed by atoms with Gasteiger partial charge in [0.2, 0.25) is 0 Å². The standard InChI is InChI=1S/C14H20F2N2/c1-14(2)7-12(8-17-14)18(3)9-10-6-11(15)4-5-13(10)16/h4-6,12,17H,7-9H2,1-3H3. The van der Waals surface area contributed by atoms with Crippen molar-refractivity contribution in [1.29, 1.82) is 0 Å². The summed E-state index contributed by atoms with van der Waals surface area (Å²) < 4.78 is 26.7. The lowest BCUT2D eigenvalue weighted by atomic mass is 10.0. The molecule has 1 aliphatic heterocycles. The van der Waals surface area contributed by atoms with E-state index >= 15 is 0 Å². The Bertz CT molecular complexity index is 432. The minimum absolute atomic E-state index is 0.124. The average molecular weight is 254 g/mol. The van der Waals surface area contributed by atoms with E-state index < -0.39 is 0 Å². The van der Waals surface area contributed by atoms with Gasteiger partial charge in [0.05, 0.1) is 0 Å². The van der Waals surface area contributed by atoms with E-state index in [-0.39, 0.29) is 17.2 Å². The van der Waals surface area contributed by atoms with Gasteiger partial charge >= 0.3 is 0 Å². The fourth-order valence-corrected chi connectivity index (χ4v) is 2.50. The van der Waals surface area contributed by atoms with Gasteiger partial charge in [-0.3, -0.25) is 4.90 Å². The molecule has 0 bridgehead atoms. The zero-order chi connectivity index (χ0) is 13.3. The quantitative estimate of drug-likeness (QED) is 0.891. The van der Waals surface area contributed by atoms with E-state index in [4.69, 9.17) is 0 Å². The third kappa shape index (κ3) is 3.06. The van der Waals surface area contributed by atoms with Crippen molar-refractivity contribution in [2.45, 2.75) is 38.4 Å². The van der Waals surface area contributed by atoms with Crippen LogP contribution in [0.1, 0.15) is 25.8 Å². The molecule has 1 fully saturated rings. The predicted octanol–water partition coefficient (Wildman–Crippen LogP) is 2.54. The highest BCUT2D eigenvalue weighted by molar-refractivity contribution is 5.18. The normalized spacial score (nSPS) is 22.7. The molecule has 1 atom stereocenters. The predicted molar refractivity (Wildman–Crippen MR) is 68.3 cm³/mol. The van der Waals surface area contributed by atoms with Crippen LogP contribution in [0.4, 0.5) is 8.78 Å². The van der Waals surface area contributed by atoms with Gasteiger partial charge in [0.25, 0.3) is 0 Å². The zero-order valence-corrected chi connectivity index (χ0v) is 11.1. The maximum absolute atomic E-state index is 13.6. The third-order valence-corrected chi connectivity index (χ3v) is 3.61. The lowest BCUT2D eigenvalue weighted by Gasteiger charge is -2.25. The van der Waals surface area contributed by atoms with Crippen LogP contribution in [0.15, 0.2) is 18.2 Å². The first-order chi connectivity index (χ1) is 8.37. The lowest BCUT2D eigenvalue weighted by Crippen LogP contribution is -2.33. The van der Waals surface area contributed by atoms with Crippen LogP contribution in [-0.2, 0) is 6.54 Å². The first-order valence-corrected chi connectivity index (χ1v) is 6.26. The summed E-state index contributed by atoms with van der Waals surface area (Å²) in [7, 11) is 1.96. The molecule has 2 nitrogen and oxygen atoms in total. The highest BCUT2D eigenvalue weighted by Gasteiger charge is 2.32. The summed E-state index contributed by atoms with van der Waals surface area (Å²) in [4.78, 5) is 2.08. The Morgan fingerprint density at radius 2 is 2.11 bits per heavy atom. The lowest BCUT2D eigenvalue weighted by molar-refractivity contribution is 0.237. The van der Waals surface area contributed by atoms with E-state index in [0.29, 0.717) is 18.2 Å². The van der Waals surface area contributed by atoms with Gasteiger partial charge in [-0.25, -0.2) is 8.78 Å². The molecule has 0 saturated carbocycles. The molecule has 0 amide bonds. The van der Waals surface area contributed by atoms with E-state index in [2.05, 4.69) is 24.1 Å². The highest BCUT2D eigenvalue weighted by Crippen LogP contribution is 2.23. The maximum atomic E-state index is 13.6. The van der Waals surface area contributed by atoms with Crippen LogP contribution in [0.25, 0.3) is 0 Å². The number of hydrogen-bond acceptors (Lipinski definition) is 2. The van der Waals surface area contributed by atoms with Crippen molar-refractivity contribution in [2.75, 3.05) is 13.6 Å². The molecule has 100 valence electrons. The van der Waals surface area contributed by atoms with Gasteiger partial charge in [0.15, 0.2) is 0 Å². The third-order valence-electron chi connectivity index (χ3n) is 3.61. The number of nitrogens with one attached hydrogen (secondary N) is 1. The van der Waals surface area contributed by atoms with Crippen molar-refractivity contribution >= 4 is 0 Å². The van der Waals surface area contributed by atoms with E-state index in [1.165, 1.54) is 12.1 Å². The molecule has 1 heterocycles. The van der Waals surface area contributed by atoms with Gasteiger partial charge in [0, 0.05) is 30.2 Å². The Balaban J connectivity index is 2.03. The molecule has 1 aliphatic rings. The van der Waals surface area contributed by atoms with Crippen molar-refractivity contribution < 1.29 is 8.78 Å². The molecule has 0 radical (unpaired) electrons. The van der Waals surface area contributed by atoms with E-state index in [0.717, 1.165) is 19.0 Å². The number of hydrogen-bond donors (Lipinski definition) is 1. The number of halogens is 2. The van der Waals surface area contributed by atoms with Gasteiger partial charge in [-0.1, -0.05) is 0 Å². The summed E-state index contributed by atoms with van der Waals surface area (Å²) in [5.41, 5.74) is 0.543. The molecule has 1 unspecified atom stereocenters. The van der Waals surface area contributed by atoms with Gasteiger partial charge in [-0.15, -0.1) is 0 Å². The molecule has 0 spiro atoms. The number of nitrogens with zero attached hydrogens (tertiary/aromatic N) is 1. The number of likely N-dealkylation sites (N-methyl/N-ethyl adjacent to an activating group) is 1. The summed E-state index contributed by atoms with van der Waals surface area (Å²) in [6, 6.07) is 3.98.